The third-order valence-electron chi connectivity index (χ3n) is 3.26. The van der Waals surface area contributed by atoms with Crippen LogP contribution in [-0.4, -0.2) is 25.7 Å². The Kier molecular flexibility index (Phi) is 5.07. The van der Waals surface area contributed by atoms with Gasteiger partial charge in [0.2, 0.25) is 0 Å². The van der Waals surface area contributed by atoms with Crippen molar-refractivity contribution in [3.05, 3.63) is 39.5 Å². The van der Waals surface area contributed by atoms with Crippen LogP contribution in [-0.2, 0) is 9.53 Å². The first kappa shape index (κ1) is 16.4. The first-order valence-electron chi connectivity index (χ1n) is 6.76. The molecule has 118 valence electrons. The Morgan fingerprint density at radius 3 is 2.77 bits per heavy atom. The van der Waals surface area contributed by atoms with Gasteiger partial charge in [0, 0.05) is 10.2 Å². The van der Waals surface area contributed by atoms with Crippen LogP contribution in [0.4, 0.5) is 4.79 Å². The zero-order valence-corrected chi connectivity index (χ0v) is 14.1. The number of hydrogen-bond acceptors (Lipinski definition) is 4. The minimum absolute atomic E-state index is 0.358. The first-order valence-corrected chi connectivity index (χ1v) is 7.56. The number of carbonyl (C=O) groups excluding carboxylic acids is 2. The van der Waals surface area contributed by atoms with Crippen LogP contribution in [0.25, 0.3) is 0 Å². The van der Waals surface area contributed by atoms with Gasteiger partial charge in [-0.2, -0.15) is 0 Å². The monoisotopic (exact) mass is 368 g/mol. The van der Waals surface area contributed by atoms with Gasteiger partial charge < -0.3 is 20.1 Å². The predicted molar refractivity (Wildman–Crippen MR) is 84.4 cm³/mol. The van der Waals surface area contributed by atoms with E-state index in [0.29, 0.717) is 23.6 Å². The molecule has 2 N–H and O–H groups in total. The molecule has 0 bridgehead atoms. The van der Waals surface area contributed by atoms with Crippen molar-refractivity contribution in [1.29, 1.82) is 0 Å². The number of urea groups is 1. The van der Waals surface area contributed by atoms with Crippen LogP contribution in [0.3, 0.4) is 0 Å². The molecule has 1 aliphatic rings. The lowest BCUT2D eigenvalue weighted by Crippen LogP contribution is -2.45. The van der Waals surface area contributed by atoms with E-state index in [4.69, 9.17) is 9.47 Å². The second-order valence-electron chi connectivity index (χ2n) is 4.68. The molecule has 22 heavy (non-hydrogen) atoms. The molecule has 2 amide bonds. The van der Waals surface area contributed by atoms with Gasteiger partial charge in [-0.25, -0.2) is 9.59 Å². The van der Waals surface area contributed by atoms with Gasteiger partial charge in [-0.15, -0.1) is 0 Å². The summed E-state index contributed by atoms with van der Waals surface area (Å²) in [5.74, 6) is 0.166. The number of nitrogens with one attached hydrogen (secondary N) is 2. The lowest BCUT2D eigenvalue weighted by molar-refractivity contribution is -0.136. The van der Waals surface area contributed by atoms with Crippen molar-refractivity contribution in [2.45, 2.75) is 19.9 Å². The second kappa shape index (κ2) is 6.83. The van der Waals surface area contributed by atoms with E-state index in [0.717, 1.165) is 10.0 Å². The van der Waals surface area contributed by atoms with Crippen molar-refractivity contribution in [3.8, 4) is 5.75 Å². The summed E-state index contributed by atoms with van der Waals surface area (Å²) in [6, 6.07) is 4.44. The maximum Gasteiger partial charge on any atom is 0.337 e. The van der Waals surface area contributed by atoms with E-state index in [2.05, 4.69) is 26.6 Å². The van der Waals surface area contributed by atoms with Crippen molar-refractivity contribution in [1.82, 2.24) is 10.6 Å². The maximum atomic E-state index is 12.1. The highest BCUT2D eigenvalue weighted by Gasteiger charge is 2.33. The maximum absolute atomic E-state index is 12.1. The number of carbonyl (C=O) groups is 2. The van der Waals surface area contributed by atoms with Crippen molar-refractivity contribution in [2.75, 3.05) is 13.7 Å². The van der Waals surface area contributed by atoms with Crippen molar-refractivity contribution >= 4 is 27.9 Å². The number of halogens is 1. The van der Waals surface area contributed by atoms with Gasteiger partial charge in [0.25, 0.3) is 0 Å². The highest BCUT2D eigenvalue weighted by Crippen LogP contribution is 2.34. The smallest absolute Gasteiger partial charge is 0.337 e. The molecule has 0 radical (unpaired) electrons. The lowest BCUT2D eigenvalue weighted by atomic mass is 9.95. The third-order valence-corrected chi connectivity index (χ3v) is 3.99. The molecular formula is C15H17BrN2O4. The zero-order chi connectivity index (χ0) is 16.3. The number of benzene rings is 1. The number of ether oxygens (including phenoxy) is 2. The molecule has 7 heteroatoms. The molecule has 0 spiro atoms. The van der Waals surface area contributed by atoms with E-state index in [1.165, 1.54) is 7.11 Å². The Balaban J connectivity index is 2.52. The Hall–Kier alpha value is -2.02. The molecular weight excluding hydrogens is 352 g/mol. The standard InChI is InChI=1S/C15H17BrN2O4/c1-4-22-9-5-6-11(16)10(7-9)13-12(14(19)21-3)8(2)17-15(20)18-13/h5-7,13H,4H2,1-3H3,(H2,17,18,20)/t13-/m0/s1. The van der Waals surface area contributed by atoms with Crippen LogP contribution < -0.4 is 15.4 Å². The zero-order valence-electron chi connectivity index (χ0n) is 12.5. The van der Waals surface area contributed by atoms with Crippen molar-refractivity contribution in [3.63, 3.8) is 0 Å². The Morgan fingerprint density at radius 2 is 2.14 bits per heavy atom. The number of rotatable bonds is 4. The molecule has 1 aromatic rings. The summed E-state index contributed by atoms with van der Waals surface area (Å²) in [7, 11) is 1.31. The number of amides is 2. The van der Waals surface area contributed by atoms with Crippen LogP contribution in [0.15, 0.2) is 33.9 Å². The molecule has 1 atom stereocenters. The van der Waals surface area contributed by atoms with E-state index >= 15 is 0 Å². The summed E-state index contributed by atoms with van der Waals surface area (Å²) >= 11 is 3.45. The number of esters is 1. The van der Waals surface area contributed by atoms with Crippen LogP contribution in [0.5, 0.6) is 5.75 Å². The van der Waals surface area contributed by atoms with Gasteiger partial charge in [-0.1, -0.05) is 15.9 Å². The molecule has 0 saturated heterocycles. The quantitative estimate of drug-likeness (QED) is 0.800. The SMILES string of the molecule is CCOc1ccc(Br)c([C@@H]2NC(=O)NC(C)=C2C(=O)OC)c1. The molecule has 2 rings (SSSR count). The fourth-order valence-corrected chi connectivity index (χ4v) is 2.78. The van der Waals surface area contributed by atoms with Crippen LogP contribution in [0.1, 0.15) is 25.5 Å². The summed E-state index contributed by atoms with van der Waals surface area (Å²) in [6.07, 6.45) is 0. The summed E-state index contributed by atoms with van der Waals surface area (Å²) < 4.78 is 11.1. The van der Waals surface area contributed by atoms with Crippen LogP contribution in [0.2, 0.25) is 0 Å². The number of hydrogen-bond donors (Lipinski definition) is 2. The molecule has 6 nitrogen and oxygen atoms in total. The van der Waals surface area contributed by atoms with Gasteiger partial charge in [0.1, 0.15) is 5.75 Å². The van der Waals surface area contributed by atoms with E-state index in [9.17, 15) is 9.59 Å². The Bertz CT molecular complexity index is 642. The molecule has 0 unspecified atom stereocenters. The first-order chi connectivity index (χ1) is 10.5. The van der Waals surface area contributed by atoms with E-state index in [1.54, 1.807) is 13.0 Å². The molecule has 0 aromatic heterocycles. The summed E-state index contributed by atoms with van der Waals surface area (Å²) in [6.45, 7) is 4.08. The Morgan fingerprint density at radius 1 is 1.41 bits per heavy atom. The summed E-state index contributed by atoms with van der Waals surface area (Å²) in [5, 5.41) is 5.33. The highest BCUT2D eigenvalue weighted by molar-refractivity contribution is 9.10. The number of allylic oxidation sites excluding steroid dienone is 1. The van der Waals surface area contributed by atoms with Crippen molar-refractivity contribution in [2.24, 2.45) is 0 Å². The number of methoxy groups -OCH3 is 1. The minimum atomic E-state index is -0.615. The average Bonchev–Trinajstić information content (AvgIpc) is 2.48. The fraction of sp³-hybridized carbons (Fsp3) is 0.333. The predicted octanol–water partition coefficient (Wildman–Crippen LogP) is 2.65. The van der Waals surface area contributed by atoms with Gasteiger partial charge in [0.15, 0.2) is 0 Å². The van der Waals surface area contributed by atoms with Crippen LogP contribution in [0, 0.1) is 0 Å². The molecule has 0 saturated carbocycles. The summed E-state index contributed by atoms with van der Waals surface area (Å²) in [4.78, 5) is 23.9. The van der Waals surface area contributed by atoms with Gasteiger partial charge >= 0.3 is 12.0 Å². The van der Waals surface area contributed by atoms with Crippen LogP contribution >= 0.6 is 15.9 Å². The fourth-order valence-electron chi connectivity index (χ4n) is 2.31. The van der Waals surface area contributed by atoms with E-state index in [-0.39, 0.29) is 6.03 Å². The van der Waals surface area contributed by atoms with E-state index in [1.807, 2.05) is 19.1 Å². The Labute approximate surface area is 137 Å². The molecule has 0 aliphatic carbocycles. The van der Waals surface area contributed by atoms with E-state index < -0.39 is 12.0 Å². The minimum Gasteiger partial charge on any atom is -0.494 e. The lowest BCUT2D eigenvalue weighted by Gasteiger charge is -2.28. The van der Waals surface area contributed by atoms with Gasteiger partial charge in [0.05, 0.1) is 25.3 Å². The van der Waals surface area contributed by atoms with Gasteiger partial charge in [-0.3, -0.25) is 0 Å². The molecule has 1 aliphatic heterocycles. The second-order valence-corrected chi connectivity index (χ2v) is 5.53. The largest absolute Gasteiger partial charge is 0.494 e. The highest BCUT2D eigenvalue weighted by atomic mass is 79.9. The molecule has 0 fully saturated rings. The molecule has 1 aromatic carbocycles. The average molecular weight is 369 g/mol. The summed E-state index contributed by atoms with van der Waals surface area (Å²) in [5.41, 5.74) is 1.55. The van der Waals surface area contributed by atoms with Gasteiger partial charge in [-0.05, 0) is 37.6 Å². The van der Waals surface area contributed by atoms with Crippen molar-refractivity contribution < 1.29 is 19.1 Å². The molecule has 1 heterocycles. The topological polar surface area (TPSA) is 76.7 Å². The third kappa shape index (κ3) is 3.24. The normalized spacial score (nSPS) is 17.6.